The van der Waals surface area contributed by atoms with Crippen LogP contribution in [0.25, 0.3) is 0 Å². The number of piperidine rings is 1. The lowest BCUT2D eigenvalue weighted by molar-refractivity contribution is -0.174. The Hall–Kier alpha value is -2.22. The van der Waals surface area contributed by atoms with Gasteiger partial charge in [-0.25, -0.2) is 0 Å². The van der Waals surface area contributed by atoms with Crippen LogP contribution in [0.3, 0.4) is 0 Å². The van der Waals surface area contributed by atoms with Gasteiger partial charge in [-0.1, -0.05) is 34.1 Å². The average molecular weight is 441 g/mol. The van der Waals surface area contributed by atoms with Crippen molar-refractivity contribution in [2.75, 3.05) is 11.4 Å². The normalized spacial score (nSPS) is 21.3. The summed E-state index contributed by atoms with van der Waals surface area (Å²) in [6.45, 7) is 0.514. The van der Waals surface area contributed by atoms with Gasteiger partial charge in [-0.2, -0.15) is 13.2 Å². The fraction of sp³-hybridized carbons (Fsp3) is 0.316. The van der Waals surface area contributed by atoms with E-state index in [2.05, 4.69) is 26.1 Å². The van der Waals surface area contributed by atoms with Crippen LogP contribution in [0.5, 0.6) is 11.5 Å². The number of hydrogen-bond acceptors (Lipinski definition) is 3. The summed E-state index contributed by atoms with van der Waals surface area (Å²) in [6, 6.07) is 12.5. The fourth-order valence-corrected chi connectivity index (χ4v) is 4.06. The molecule has 0 aliphatic carbocycles. The van der Waals surface area contributed by atoms with E-state index in [1.54, 1.807) is 0 Å². The summed E-state index contributed by atoms with van der Waals surface area (Å²) < 4.78 is 44.9. The van der Waals surface area contributed by atoms with Gasteiger partial charge in [-0.3, -0.25) is 4.79 Å². The van der Waals surface area contributed by atoms with Crippen LogP contribution in [0.2, 0.25) is 0 Å². The third-order valence-corrected chi connectivity index (χ3v) is 5.42. The Morgan fingerprint density at radius 3 is 2.74 bits per heavy atom. The minimum atomic E-state index is -4.87. The Labute approximate surface area is 162 Å². The number of nitrogens with zero attached hydrogens (tertiary/aromatic N) is 1. The number of para-hydroxylation sites is 1. The maximum absolute atomic E-state index is 12.6. The lowest BCUT2D eigenvalue weighted by Crippen LogP contribution is -2.49. The summed E-state index contributed by atoms with van der Waals surface area (Å²) in [6.07, 6.45) is -4.08. The van der Waals surface area contributed by atoms with E-state index < -0.39 is 18.1 Å². The summed E-state index contributed by atoms with van der Waals surface area (Å²) in [5.74, 6) is -0.521. The largest absolute Gasteiger partial charge is 0.471 e. The van der Waals surface area contributed by atoms with Crippen molar-refractivity contribution in [1.82, 2.24) is 5.32 Å². The van der Waals surface area contributed by atoms with Gasteiger partial charge in [0.1, 0.15) is 5.75 Å². The molecule has 0 spiro atoms. The van der Waals surface area contributed by atoms with Crippen LogP contribution in [0.1, 0.15) is 24.4 Å². The average Bonchev–Trinajstić information content (AvgIpc) is 2.74. The third kappa shape index (κ3) is 3.50. The number of hydrogen-bond donors (Lipinski definition) is 1. The molecule has 2 atom stereocenters. The van der Waals surface area contributed by atoms with Crippen molar-refractivity contribution in [2.45, 2.75) is 31.1 Å². The molecule has 142 valence electrons. The molecule has 8 heteroatoms. The molecule has 2 aliphatic heterocycles. The van der Waals surface area contributed by atoms with Gasteiger partial charge in [-0.05, 0) is 37.1 Å². The Morgan fingerprint density at radius 2 is 1.96 bits per heavy atom. The number of carbonyl (C=O) groups is 1. The Kier molecular flexibility index (Phi) is 4.53. The number of halogens is 4. The molecular formula is C19H16BrF3N2O2. The maximum atomic E-state index is 12.6. The van der Waals surface area contributed by atoms with Gasteiger partial charge >= 0.3 is 12.1 Å². The highest BCUT2D eigenvalue weighted by Crippen LogP contribution is 2.48. The number of anilines is 1. The number of benzene rings is 2. The SMILES string of the molecule is O=C(N[C@H]1CCN2c3ccc(Br)cc3Oc3ccccc3[C@@H]2C1)C(F)(F)F. The zero-order chi connectivity index (χ0) is 19.2. The van der Waals surface area contributed by atoms with Crippen molar-refractivity contribution >= 4 is 27.5 Å². The van der Waals surface area contributed by atoms with Crippen LogP contribution in [-0.4, -0.2) is 24.7 Å². The first-order chi connectivity index (χ1) is 12.8. The topological polar surface area (TPSA) is 41.6 Å². The summed E-state index contributed by atoms with van der Waals surface area (Å²) in [4.78, 5) is 13.5. The van der Waals surface area contributed by atoms with E-state index in [9.17, 15) is 18.0 Å². The molecule has 0 radical (unpaired) electrons. The van der Waals surface area contributed by atoms with Gasteiger partial charge < -0.3 is 15.0 Å². The molecule has 1 N–H and O–H groups in total. The van der Waals surface area contributed by atoms with Gasteiger partial charge in [0.05, 0.1) is 11.7 Å². The molecule has 0 unspecified atom stereocenters. The highest BCUT2D eigenvalue weighted by Gasteiger charge is 2.42. The highest BCUT2D eigenvalue weighted by molar-refractivity contribution is 9.10. The summed E-state index contributed by atoms with van der Waals surface area (Å²) in [5.41, 5.74) is 1.79. The van der Waals surface area contributed by atoms with Gasteiger partial charge in [0.15, 0.2) is 5.75 Å². The van der Waals surface area contributed by atoms with Crippen LogP contribution >= 0.6 is 15.9 Å². The molecule has 27 heavy (non-hydrogen) atoms. The van der Waals surface area contributed by atoms with Crippen molar-refractivity contribution in [3.8, 4) is 11.5 Å². The Bertz CT molecular complexity index is 887. The zero-order valence-electron chi connectivity index (χ0n) is 14.1. The number of fused-ring (bicyclic) bond motifs is 5. The van der Waals surface area contributed by atoms with Gasteiger partial charge in [-0.15, -0.1) is 0 Å². The second-order valence-corrected chi connectivity index (χ2v) is 7.57. The van der Waals surface area contributed by atoms with Crippen molar-refractivity contribution in [3.63, 3.8) is 0 Å². The predicted octanol–water partition coefficient (Wildman–Crippen LogP) is 4.94. The molecule has 0 bridgehead atoms. The summed E-state index contributed by atoms with van der Waals surface area (Å²) in [7, 11) is 0. The smallest absolute Gasteiger partial charge is 0.455 e. The molecule has 4 nitrogen and oxygen atoms in total. The third-order valence-electron chi connectivity index (χ3n) is 4.92. The van der Waals surface area contributed by atoms with E-state index in [1.165, 1.54) is 0 Å². The molecule has 1 saturated heterocycles. The van der Waals surface area contributed by atoms with Crippen molar-refractivity contribution in [1.29, 1.82) is 0 Å². The number of rotatable bonds is 1. The molecular weight excluding hydrogens is 425 g/mol. The lowest BCUT2D eigenvalue weighted by Gasteiger charge is -2.40. The van der Waals surface area contributed by atoms with Crippen molar-refractivity contribution in [2.24, 2.45) is 0 Å². The van der Waals surface area contributed by atoms with Crippen LogP contribution in [0.4, 0.5) is 18.9 Å². The fourth-order valence-electron chi connectivity index (χ4n) is 3.72. The molecule has 1 fully saturated rings. The molecule has 2 heterocycles. The first-order valence-corrected chi connectivity index (χ1v) is 9.33. The van der Waals surface area contributed by atoms with Crippen LogP contribution in [0.15, 0.2) is 46.9 Å². The van der Waals surface area contributed by atoms with E-state index in [0.717, 1.165) is 15.7 Å². The number of ether oxygens (including phenoxy) is 1. The lowest BCUT2D eigenvalue weighted by atomic mass is 9.91. The van der Waals surface area contributed by atoms with Crippen molar-refractivity contribution < 1.29 is 22.7 Å². The monoisotopic (exact) mass is 440 g/mol. The van der Waals surface area contributed by atoms with Gasteiger partial charge in [0.2, 0.25) is 0 Å². The van der Waals surface area contributed by atoms with Crippen LogP contribution in [-0.2, 0) is 4.79 Å². The molecule has 2 aliphatic rings. The second kappa shape index (κ2) is 6.74. The molecule has 2 aromatic carbocycles. The van der Waals surface area contributed by atoms with E-state index in [4.69, 9.17) is 4.74 Å². The van der Waals surface area contributed by atoms with Gasteiger partial charge in [0.25, 0.3) is 0 Å². The minimum absolute atomic E-state index is 0.184. The molecule has 4 rings (SSSR count). The van der Waals surface area contributed by atoms with Crippen LogP contribution in [0, 0.1) is 0 Å². The van der Waals surface area contributed by atoms with E-state index in [1.807, 2.05) is 42.5 Å². The predicted molar refractivity (Wildman–Crippen MR) is 98.0 cm³/mol. The number of nitrogens with one attached hydrogen (secondary N) is 1. The van der Waals surface area contributed by atoms with E-state index >= 15 is 0 Å². The zero-order valence-corrected chi connectivity index (χ0v) is 15.7. The number of carbonyl (C=O) groups excluding carboxylic acids is 1. The van der Waals surface area contributed by atoms with Crippen LogP contribution < -0.4 is 15.0 Å². The van der Waals surface area contributed by atoms with Gasteiger partial charge in [0, 0.05) is 22.6 Å². The number of alkyl halides is 3. The summed E-state index contributed by atoms with van der Waals surface area (Å²) >= 11 is 3.45. The molecule has 2 aromatic rings. The molecule has 0 saturated carbocycles. The van der Waals surface area contributed by atoms with E-state index in [0.29, 0.717) is 30.9 Å². The minimum Gasteiger partial charge on any atom is -0.455 e. The maximum Gasteiger partial charge on any atom is 0.471 e. The quantitative estimate of drug-likeness (QED) is 0.682. The molecule has 0 aromatic heterocycles. The molecule has 1 amide bonds. The first-order valence-electron chi connectivity index (χ1n) is 8.53. The van der Waals surface area contributed by atoms with Crippen molar-refractivity contribution in [3.05, 3.63) is 52.5 Å². The first kappa shape index (κ1) is 18.2. The summed E-state index contributed by atoms with van der Waals surface area (Å²) in [5, 5.41) is 2.14. The van der Waals surface area contributed by atoms with E-state index in [-0.39, 0.29) is 6.04 Å². The Morgan fingerprint density at radius 1 is 1.19 bits per heavy atom. The standard InChI is InChI=1S/C19H16BrF3N2O2/c20-11-5-6-14-17(9-11)27-16-4-2-1-3-13(16)15-10-12(7-8-25(14)15)24-18(26)19(21,22)23/h1-6,9,12,15H,7-8,10H2,(H,24,26)/t12-,15-/m0/s1. The highest BCUT2D eigenvalue weighted by atomic mass is 79.9. The second-order valence-electron chi connectivity index (χ2n) is 6.65. The Balaban J connectivity index is 1.69. The number of amides is 1.